The summed E-state index contributed by atoms with van der Waals surface area (Å²) >= 11 is 0. The van der Waals surface area contributed by atoms with Crippen LogP contribution < -0.4 is 5.32 Å². The summed E-state index contributed by atoms with van der Waals surface area (Å²) in [5, 5.41) is 3.83. The first kappa shape index (κ1) is 13.5. The van der Waals surface area contributed by atoms with Crippen LogP contribution in [0.2, 0.25) is 0 Å². The summed E-state index contributed by atoms with van der Waals surface area (Å²) in [6.07, 6.45) is 0. The molecule has 0 aliphatic heterocycles. The number of hydrogen-bond acceptors (Lipinski definition) is 2. The third-order valence-electron chi connectivity index (χ3n) is 3.24. The van der Waals surface area contributed by atoms with E-state index in [0.29, 0.717) is 5.76 Å². The van der Waals surface area contributed by atoms with Gasteiger partial charge in [-0.15, -0.1) is 0 Å². The lowest BCUT2D eigenvalue weighted by molar-refractivity contribution is 0.447. The van der Waals surface area contributed by atoms with Crippen molar-refractivity contribution in [1.82, 2.24) is 0 Å². The first-order chi connectivity index (χ1) is 10.0. The summed E-state index contributed by atoms with van der Waals surface area (Å²) in [5.41, 5.74) is 0.886. The zero-order valence-corrected chi connectivity index (χ0v) is 11.2. The van der Waals surface area contributed by atoms with Gasteiger partial charge in [-0.1, -0.05) is 18.2 Å². The smallest absolute Gasteiger partial charge is 0.194 e. The summed E-state index contributed by atoms with van der Waals surface area (Å²) in [4.78, 5) is 0. The molecule has 0 saturated heterocycles. The van der Waals surface area contributed by atoms with Gasteiger partial charge in [0.15, 0.2) is 17.5 Å². The number of furan rings is 1. The van der Waals surface area contributed by atoms with Crippen LogP contribution in [0.25, 0.3) is 11.0 Å². The lowest BCUT2D eigenvalue weighted by Crippen LogP contribution is -2.06. The molecule has 3 aromatic rings. The average molecular weight is 291 g/mol. The van der Waals surface area contributed by atoms with Gasteiger partial charge in [0.1, 0.15) is 11.3 Å². The molecule has 0 saturated carbocycles. The van der Waals surface area contributed by atoms with Crippen molar-refractivity contribution in [2.45, 2.75) is 13.0 Å². The van der Waals surface area contributed by atoms with E-state index in [4.69, 9.17) is 4.42 Å². The Labute approximate surface area is 119 Å². The highest BCUT2D eigenvalue weighted by Crippen LogP contribution is 2.27. The molecule has 0 aliphatic carbocycles. The average Bonchev–Trinajstić information content (AvgIpc) is 2.88. The predicted octanol–water partition coefficient (Wildman–Crippen LogP) is 5.02. The lowest BCUT2D eigenvalue weighted by atomic mass is 10.2. The number of halogens is 3. The number of nitrogens with one attached hydrogen (secondary N) is 1. The maximum Gasteiger partial charge on any atom is 0.194 e. The molecule has 5 heteroatoms. The second-order valence-corrected chi connectivity index (χ2v) is 4.81. The minimum absolute atomic E-state index is 0.152. The highest BCUT2D eigenvalue weighted by Gasteiger charge is 2.15. The van der Waals surface area contributed by atoms with Crippen molar-refractivity contribution >= 4 is 16.7 Å². The summed E-state index contributed by atoms with van der Waals surface area (Å²) in [5.74, 6) is -3.30. The highest BCUT2D eigenvalue weighted by atomic mass is 19.2. The fourth-order valence-corrected chi connectivity index (χ4v) is 2.18. The van der Waals surface area contributed by atoms with Gasteiger partial charge in [0.05, 0.1) is 6.04 Å². The molecule has 21 heavy (non-hydrogen) atoms. The van der Waals surface area contributed by atoms with Crippen LogP contribution in [0, 0.1) is 17.5 Å². The maximum atomic E-state index is 13.2. The Balaban J connectivity index is 1.87. The largest absolute Gasteiger partial charge is 0.459 e. The summed E-state index contributed by atoms with van der Waals surface area (Å²) in [6, 6.07) is 10.9. The van der Waals surface area contributed by atoms with Crippen LogP contribution in [0.3, 0.4) is 0 Å². The van der Waals surface area contributed by atoms with Crippen LogP contribution in [0.4, 0.5) is 18.9 Å². The first-order valence-corrected chi connectivity index (χ1v) is 6.44. The van der Waals surface area contributed by atoms with Crippen molar-refractivity contribution in [2.24, 2.45) is 0 Å². The SMILES string of the molecule is CC(Nc1cc(F)c(F)c(F)c1)c1cc2ccccc2o1. The van der Waals surface area contributed by atoms with Crippen molar-refractivity contribution in [1.29, 1.82) is 0 Å². The second kappa shape index (κ2) is 5.16. The fraction of sp³-hybridized carbons (Fsp3) is 0.125. The van der Waals surface area contributed by atoms with E-state index in [-0.39, 0.29) is 11.7 Å². The Morgan fingerprint density at radius 2 is 1.67 bits per heavy atom. The van der Waals surface area contributed by atoms with Gasteiger partial charge in [0.2, 0.25) is 0 Å². The molecule has 1 aromatic heterocycles. The Kier molecular flexibility index (Phi) is 3.33. The standard InChI is InChI=1S/C16H12F3NO/c1-9(15-6-10-4-2-3-5-14(10)21-15)20-11-7-12(17)16(19)13(18)8-11/h2-9,20H,1H3. The van der Waals surface area contributed by atoms with Gasteiger partial charge in [0.25, 0.3) is 0 Å². The van der Waals surface area contributed by atoms with Crippen molar-refractivity contribution in [3.8, 4) is 0 Å². The highest BCUT2D eigenvalue weighted by molar-refractivity contribution is 5.77. The van der Waals surface area contributed by atoms with Gasteiger partial charge in [-0.05, 0) is 19.1 Å². The number of rotatable bonds is 3. The van der Waals surface area contributed by atoms with Crippen molar-refractivity contribution < 1.29 is 17.6 Å². The Bertz CT molecular complexity index is 741. The molecule has 0 aliphatic rings. The van der Waals surface area contributed by atoms with Crippen molar-refractivity contribution in [3.05, 3.63) is 65.7 Å². The maximum absolute atomic E-state index is 13.2. The van der Waals surface area contributed by atoms with E-state index >= 15 is 0 Å². The number of benzene rings is 2. The molecule has 1 heterocycles. The van der Waals surface area contributed by atoms with Crippen LogP contribution in [0.15, 0.2) is 46.9 Å². The molecule has 1 unspecified atom stereocenters. The molecule has 0 radical (unpaired) electrons. The van der Waals surface area contributed by atoms with Crippen molar-refractivity contribution in [3.63, 3.8) is 0 Å². The summed E-state index contributed by atoms with van der Waals surface area (Å²) in [7, 11) is 0. The van der Waals surface area contributed by atoms with Crippen LogP contribution in [-0.4, -0.2) is 0 Å². The molecular weight excluding hydrogens is 279 g/mol. The fourth-order valence-electron chi connectivity index (χ4n) is 2.18. The quantitative estimate of drug-likeness (QED) is 0.685. The second-order valence-electron chi connectivity index (χ2n) is 4.81. The third-order valence-corrected chi connectivity index (χ3v) is 3.24. The monoisotopic (exact) mass is 291 g/mol. The van der Waals surface area contributed by atoms with Crippen molar-refractivity contribution in [2.75, 3.05) is 5.32 Å². The van der Waals surface area contributed by atoms with Gasteiger partial charge in [-0.3, -0.25) is 0 Å². The minimum Gasteiger partial charge on any atom is -0.459 e. The van der Waals surface area contributed by atoms with E-state index in [0.717, 1.165) is 23.1 Å². The normalized spacial score (nSPS) is 12.6. The van der Waals surface area contributed by atoms with Gasteiger partial charge < -0.3 is 9.73 Å². The van der Waals surface area contributed by atoms with Gasteiger partial charge in [-0.2, -0.15) is 0 Å². The number of hydrogen-bond donors (Lipinski definition) is 1. The van der Waals surface area contributed by atoms with Gasteiger partial charge in [-0.25, -0.2) is 13.2 Å². The summed E-state index contributed by atoms with van der Waals surface area (Å²) in [6.45, 7) is 1.79. The predicted molar refractivity (Wildman–Crippen MR) is 74.6 cm³/mol. The summed E-state index contributed by atoms with van der Waals surface area (Å²) < 4.78 is 44.9. The minimum atomic E-state index is -1.48. The molecule has 0 fully saturated rings. The Morgan fingerprint density at radius 3 is 2.33 bits per heavy atom. The lowest BCUT2D eigenvalue weighted by Gasteiger charge is -2.13. The zero-order valence-electron chi connectivity index (χ0n) is 11.2. The molecular formula is C16H12F3NO. The number of fused-ring (bicyclic) bond motifs is 1. The van der Waals surface area contributed by atoms with E-state index in [1.807, 2.05) is 30.3 Å². The molecule has 0 bridgehead atoms. The number of anilines is 1. The first-order valence-electron chi connectivity index (χ1n) is 6.44. The third kappa shape index (κ3) is 2.59. The molecule has 2 aromatic carbocycles. The Morgan fingerprint density at radius 1 is 1.00 bits per heavy atom. The van der Waals surface area contributed by atoms with Crippen LogP contribution in [-0.2, 0) is 0 Å². The van der Waals surface area contributed by atoms with Gasteiger partial charge in [0, 0.05) is 23.2 Å². The van der Waals surface area contributed by atoms with Crippen LogP contribution >= 0.6 is 0 Å². The van der Waals surface area contributed by atoms with Crippen LogP contribution in [0.1, 0.15) is 18.7 Å². The van der Waals surface area contributed by atoms with E-state index in [1.165, 1.54) is 0 Å². The topological polar surface area (TPSA) is 25.2 Å². The molecule has 1 atom stereocenters. The van der Waals surface area contributed by atoms with E-state index < -0.39 is 17.5 Å². The molecule has 0 spiro atoms. The zero-order chi connectivity index (χ0) is 15.0. The Hall–Kier alpha value is -2.43. The number of para-hydroxylation sites is 1. The molecule has 1 N–H and O–H groups in total. The molecule has 3 rings (SSSR count). The molecule has 0 amide bonds. The van der Waals surface area contributed by atoms with E-state index in [2.05, 4.69) is 5.32 Å². The molecule has 2 nitrogen and oxygen atoms in total. The van der Waals surface area contributed by atoms with Gasteiger partial charge >= 0.3 is 0 Å². The van der Waals surface area contributed by atoms with E-state index in [9.17, 15) is 13.2 Å². The molecule has 108 valence electrons. The van der Waals surface area contributed by atoms with Crippen LogP contribution in [0.5, 0.6) is 0 Å². The van der Waals surface area contributed by atoms with E-state index in [1.54, 1.807) is 6.92 Å².